The van der Waals surface area contributed by atoms with Gasteiger partial charge in [-0.3, -0.25) is 9.36 Å². The molecule has 3 aromatic rings. The number of allylic oxidation sites excluding steroid dienone is 1. The lowest BCUT2D eigenvalue weighted by Gasteiger charge is -2.24. The maximum absolute atomic E-state index is 13.6. The third-order valence-electron chi connectivity index (χ3n) is 5.16. The summed E-state index contributed by atoms with van der Waals surface area (Å²) >= 11 is 4.75. The summed E-state index contributed by atoms with van der Waals surface area (Å²) in [5.41, 5.74) is 2.20. The van der Waals surface area contributed by atoms with Crippen molar-refractivity contribution in [2.75, 3.05) is 13.2 Å². The topological polar surface area (TPSA) is 93.7 Å². The van der Waals surface area contributed by atoms with Crippen LogP contribution in [0.2, 0.25) is 0 Å². The van der Waals surface area contributed by atoms with Crippen molar-refractivity contribution in [3.63, 3.8) is 0 Å². The largest absolute Gasteiger partial charge is 0.479 e. The number of ether oxygens (including phenoxy) is 2. The number of carbonyl (C=O) groups excluding carboxylic acids is 1. The fraction of sp³-hybridized carbons (Fsp3) is 0.200. The first-order valence-electron chi connectivity index (χ1n) is 10.5. The van der Waals surface area contributed by atoms with E-state index in [-0.39, 0.29) is 18.8 Å². The van der Waals surface area contributed by atoms with Crippen LogP contribution in [0.4, 0.5) is 0 Å². The number of hydrogen-bond acceptors (Lipinski definition) is 7. The van der Waals surface area contributed by atoms with Crippen LogP contribution >= 0.6 is 27.3 Å². The molecule has 9 heteroatoms. The van der Waals surface area contributed by atoms with Crippen LogP contribution in [0, 0.1) is 11.3 Å². The van der Waals surface area contributed by atoms with Gasteiger partial charge in [-0.25, -0.2) is 9.79 Å². The Balaban J connectivity index is 1.85. The molecule has 0 bridgehead atoms. The molecular weight excluding hydrogens is 518 g/mol. The Morgan fingerprint density at radius 1 is 1.29 bits per heavy atom. The van der Waals surface area contributed by atoms with Crippen LogP contribution < -0.4 is 19.6 Å². The number of thiazole rings is 1. The first-order chi connectivity index (χ1) is 16.4. The molecule has 1 aliphatic rings. The first kappa shape index (κ1) is 23.7. The van der Waals surface area contributed by atoms with Gasteiger partial charge in [0.2, 0.25) is 0 Å². The van der Waals surface area contributed by atoms with Gasteiger partial charge in [0.15, 0.2) is 11.4 Å². The van der Waals surface area contributed by atoms with Gasteiger partial charge in [-0.1, -0.05) is 51.5 Å². The van der Waals surface area contributed by atoms with Gasteiger partial charge in [0.25, 0.3) is 5.56 Å². The van der Waals surface area contributed by atoms with Gasteiger partial charge in [0, 0.05) is 4.47 Å². The molecule has 34 heavy (non-hydrogen) atoms. The van der Waals surface area contributed by atoms with Crippen molar-refractivity contribution in [3.05, 3.63) is 95.1 Å². The average molecular weight is 538 g/mol. The highest BCUT2D eigenvalue weighted by atomic mass is 79.9. The quantitative estimate of drug-likeness (QED) is 0.449. The molecule has 2 aromatic carbocycles. The van der Waals surface area contributed by atoms with Crippen LogP contribution in [0.1, 0.15) is 31.0 Å². The van der Waals surface area contributed by atoms with Gasteiger partial charge in [0.05, 0.1) is 28.5 Å². The highest BCUT2D eigenvalue weighted by molar-refractivity contribution is 9.10. The summed E-state index contributed by atoms with van der Waals surface area (Å²) < 4.78 is 13.5. The van der Waals surface area contributed by atoms with Crippen molar-refractivity contribution in [2.45, 2.75) is 19.9 Å². The second-order valence-corrected chi connectivity index (χ2v) is 9.30. The summed E-state index contributed by atoms with van der Waals surface area (Å²) in [7, 11) is 0. The van der Waals surface area contributed by atoms with E-state index >= 15 is 0 Å². The normalized spacial score (nSPS) is 15.4. The first-order valence-corrected chi connectivity index (χ1v) is 12.1. The Morgan fingerprint density at radius 2 is 2.06 bits per heavy atom. The minimum Gasteiger partial charge on any atom is -0.479 e. The molecule has 0 amide bonds. The Labute approximate surface area is 208 Å². The van der Waals surface area contributed by atoms with Crippen LogP contribution in [0.5, 0.6) is 5.75 Å². The van der Waals surface area contributed by atoms with Crippen molar-refractivity contribution >= 4 is 39.3 Å². The minimum atomic E-state index is -0.656. The number of carbonyl (C=O) groups is 1. The van der Waals surface area contributed by atoms with E-state index in [2.05, 4.69) is 20.9 Å². The van der Waals surface area contributed by atoms with E-state index in [4.69, 9.17) is 14.7 Å². The molecular formula is C25H20BrN3O4S. The zero-order valence-electron chi connectivity index (χ0n) is 18.4. The van der Waals surface area contributed by atoms with E-state index in [1.807, 2.05) is 42.5 Å². The van der Waals surface area contributed by atoms with E-state index in [1.54, 1.807) is 36.6 Å². The molecule has 1 aliphatic heterocycles. The summed E-state index contributed by atoms with van der Waals surface area (Å²) in [5, 5.41) is 8.65. The SMILES string of the molecule is CCOC(=O)C1=C(C)N=c2s/c(=C\c3ccc(OCC#N)cc3)c(=O)n2[C@@H]1c1cccc(Br)c1. The fourth-order valence-electron chi connectivity index (χ4n) is 3.71. The fourth-order valence-corrected chi connectivity index (χ4v) is 5.17. The molecule has 0 radical (unpaired) electrons. The van der Waals surface area contributed by atoms with Gasteiger partial charge < -0.3 is 9.47 Å². The summed E-state index contributed by atoms with van der Waals surface area (Å²) in [6.07, 6.45) is 1.78. The summed E-state index contributed by atoms with van der Waals surface area (Å²) in [6.45, 7) is 3.69. The lowest BCUT2D eigenvalue weighted by atomic mass is 9.96. The summed E-state index contributed by atoms with van der Waals surface area (Å²) in [4.78, 5) is 31.6. The Hall–Kier alpha value is -3.48. The molecule has 0 N–H and O–H groups in total. The van der Waals surface area contributed by atoms with E-state index in [0.29, 0.717) is 26.4 Å². The van der Waals surface area contributed by atoms with Gasteiger partial charge in [-0.15, -0.1) is 0 Å². The van der Waals surface area contributed by atoms with E-state index in [0.717, 1.165) is 15.6 Å². The highest BCUT2D eigenvalue weighted by Crippen LogP contribution is 2.31. The zero-order valence-corrected chi connectivity index (χ0v) is 20.9. The smallest absolute Gasteiger partial charge is 0.338 e. The maximum Gasteiger partial charge on any atom is 0.338 e. The van der Waals surface area contributed by atoms with Crippen LogP contribution in [0.3, 0.4) is 0 Å². The van der Waals surface area contributed by atoms with Crippen LogP contribution in [-0.2, 0) is 9.53 Å². The number of halogens is 1. The minimum absolute atomic E-state index is 0.0320. The molecule has 0 fully saturated rings. The number of fused-ring (bicyclic) bond motifs is 1. The molecule has 7 nitrogen and oxygen atoms in total. The van der Waals surface area contributed by atoms with E-state index < -0.39 is 12.0 Å². The summed E-state index contributed by atoms with van der Waals surface area (Å²) in [5.74, 6) is 0.0838. The van der Waals surface area contributed by atoms with Crippen LogP contribution in [0.15, 0.2) is 74.1 Å². The van der Waals surface area contributed by atoms with Crippen LogP contribution in [0.25, 0.3) is 6.08 Å². The molecule has 0 unspecified atom stereocenters. The molecule has 0 aliphatic carbocycles. The maximum atomic E-state index is 13.6. The lowest BCUT2D eigenvalue weighted by Crippen LogP contribution is -2.39. The van der Waals surface area contributed by atoms with Gasteiger partial charge >= 0.3 is 5.97 Å². The molecule has 0 saturated carbocycles. The van der Waals surface area contributed by atoms with Crippen molar-refractivity contribution in [1.82, 2.24) is 4.57 Å². The van der Waals surface area contributed by atoms with Gasteiger partial charge in [0.1, 0.15) is 11.8 Å². The third kappa shape index (κ3) is 4.74. The second kappa shape index (κ2) is 10.2. The highest BCUT2D eigenvalue weighted by Gasteiger charge is 2.33. The monoisotopic (exact) mass is 537 g/mol. The number of esters is 1. The number of nitriles is 1. The molecule has 172 valence electrons. The number of benzene rings is 2. The molecule has 1 atom stereocenters. The lowest BCUT2D eigenvalue weighted by molar-refractivity contribution is -0.139. The standard InChI is InChI=1S/C25H20BrN3O4S/c1-3-32-24(31)21-15(2)28-25-29(22(21)17-5-4-6-18(26)14-17)23(30)20(34-25)13-16-7-9-19(10-8-16)33-12-11-27/h4-10,13-14,22H,3,12H2,1-2H3/b20-13-/t22-/m1/s1. The number of nitrogens with zero attached hydrogens (tertiary/aromatic N) is 3. The molecule has 0 saturated heterocycles. The van der Waals surface area contributed by atoms with Gasteiger partial charge in [-0.05, 0) is 55.3 Å². The van der Waals surface area contributed by atoms with Crippen molar-refractivity contribution < 1.29 is 14.3 Å². The van der Waals surface area contributed by atoms with E-state index in [9.17, 15) is 9.59 Å². The Kier molecular flexibility index (Phi) is 7.10. The molecule has 4 rings (SSSR count). The van der Waals surface area contributed by atoms with Crippen molar-refractivity contribution in [1.29, 1.82) is 5.26 Å². The summed E-state index contributed by atoms with van der Waals surface area (Å²) in [6, 6.07) is 15.9. The Morgan fingerprint density at radius 3 is 2.74 bits per heavy atom. The van der Waals surface area contributed by atoms with Crippen molar-refractivity contribution in [2.24, 2.45) is 4.99 Å². The predicted octanol–water partition coefficient (Wildman–Crippen LogP) is 3.46. The number of rotatable bonds is 6. The Bertz CT molecular complexity index is 1500. The molecule has 2 heterocycles. The number of hydrogen-bond donors (Lipinski definition) is 0. The number of aromatic nitrogens is 1. The predicted molar refractivity (Wildman–Crippen MR) is 132 cm³/mol. The molecule has 1 aromatic heterocycles. The van der Waals surface area contributed by atoms with E-state index in [1.165, 1.54) is 11.3 Å². The third-order valence-corrected chi connectivity index (χ3v) is 6.64. The second-order valence-electron chi connectivity index (χ2n) is 7.37. The average Bonchev–Trinajstić information content (AvgIpc) is 3.12. The van der Waals surface area contributed by atoms with Crippen molar-refractivity contribution in [3.8, 4) is 11.8 Å². The van der Waals surface area contributed by atoms with Gasteiger partial charge in [-0.2, -0.15) is 5.26 Å². The van der Waals surface area contributed by atoms with Crippen LogP contribution in [-0.4, -0.2) is 23.8 Å². The molecule has 0 spiro atoms. The zero-order chi connectivity index (χ0) is 24.2.